The van der Waals surface area contributed by atoms with E-state index in [1.165, 1.54) is 23.1 Å². The van der Waals surface area contributed by atoms with E-state index in [0.717, 1.165) is 20.1 Å². The van der Waals surface area contributed by atoms with Gasteiger partial charge in [-0.3, -0.25) is 0 Å². The number of thioether (sulfide) groups is 1. The van der Waals surface area contributed by atoms with E-state index in [9.17, 15) is 0 Å². The Balaban J connectivity index is 2.71. The summed E-state index contributed by atoms with van der Waals surface area (Å²) in [7, 11) is 0. The lowest BCUT2D eigenvalue weighted by atomic mass is 10.4. The van der Waals surface area contributed by atoms with Crippen LogP contribution in [0.25, 0.3) is 10.2 Å². The first kappa shape index (κ1) is 10.2. The standard InChI is InChI=1S/C8H7ClN2OS2/c1-13-6-5-2-4(3-12)14-7(5)11-8(9)10-6/h2,12H,3H2,1H3. The number of hydrogen-bond acceptors (Lipinski definition) is 5. The fraction of sp³-hybridized carbons (Fsp3) is 0.250. The van der Waals surface area contributed by atoms with Crippen molar-refractivity contribution in [3.8, 4) is 0 Å². The molecule has 0 spiro atoms. The van der Waals surface area contributed by atoms with Gasteiger partial charge in [-0.15, -0.1) is 23.1 Å². The van der Waals surface area contributed by atoms with E-state index in [2.05, 4.69) is 9.97 Å². The summed E-state index contributed by atoms with van der Waals surface area (Å²) in [5, 5.41) is 11.1. The van der Waals surface area contributed by atoms with E-state index < -0.39 is 0 Å². The van der Waals surface area contributed by atoms with Gasteiger partial charge in [-0.2, -0.15) is 0 Å². The molecule has 6 heteroatoms. The van der Waals surface area contributed by atoms with Gasteiger partial charge in [0.2, 0.25) is 5.28 Å². The minimum atomic E-state index is 0.0342. The number of rotatable bonds is 2. The Morgan fingerprint density at radius 1 is 1.57 bits per heavy atom. The highest BCUT2D eigenvalue weighted by molar-refractivity contribution is 7.98. The number of fused-ring (bicyclic) bond motifs is 1. The summed E-state index contributed by atoms with van der Waals surface area (Å²) in [6.07, 6.45) is 1.94. The number of aliphatic hydroxyl groups excluding tert-OH is 1. The molecule has 0 radical (unpaired) electrons. The second kappa shape index (κ2) is 4.02. The zero-order chi connectivity index (χ0) is 10.1. The van der Waals surface area contributed by atoms with Gasteiger partial charge in [-0.1, -0.05) is 0 Å². The predicted molar refractivity (Wildman–Crippen MR) is 60.1 cm³/mol. The van der Waals surface area contributed by atoms with Crippen molar-refractivity contribution in [2.45, 2.75) is 11.6 Å². The number of halogens is 1. The average molecular weight is 247 g/mol. The molecule has 3 nitrogen and oxygen atoms in total. The molecule has 2 heterocycles. The van der Waals surface area contributed by atoms with E-state index in [0.29, 0.717) is 0 Å². The van der Waals surface area contributed by atoms with Crippen LogP contribution in [-0.2, 0) is 6.61 Å². The molecule has 0 aliphatic heterocycles. The zero-order valence-corrected chi connectivity index (χ0v) is 9.71. The maximum atomic E-state index is 8.99. The van der Waals surface area contributed by atoms with Crippen molar-refractivity contribution in [3.63, 3.8) is 0 Å². The molecule has 0 saturated carbocycles. The second-order valence-corrected chi connectivity index (χ2v) is 4.84. The SMILES string of the molecule is CSc1nc(Cl)nc2sc(CO)cc12. The van der Waals surface area contributed by atoms with Crippen LogP contribution < -0.4 is 0 Å². The Kier molecular flexibility index (Phi) is 2.92. The second-order valence-electron chi connectivity index (χ2n) is 2.59. The van der Waals surface area contributed by atoms with Gasteiger partial charge in [0.1, 0.15) is 9.86 Å². The number of nitrogens with zero attached hydrogens (tertiary/aromatic N) is 2. The van der Waals surface area contributed by atoms with Crippen molar-refractivity contribution in [2.24, 2.45) is 0 Å². The summed E-state index contributed by atoms with van der Waals surface area (Å²) < 4.78 is 0. The van der Waals surface area contributed by atoms with E-state index >= 15 is 0 Å². The molecule has 0 amide bonds. The molecular weight excluding hydrogens is 240 g/mol. The Morgan fingerprint density at radius 2 is 2.36 bits per heavy atom. The number of thiophene rings is 1. The van der Waals surface area contributed by atoms with Crippen LogP contribution in [0.1, 0.15) is 4.88 Å². The Labute approximate surface area is 94.1 Å². The predicted octanol–water partition coefficient (Wildman–Crippen LogP) is 2.56. The molecule has 2 aromatic rings. The van der Waals surface area contributed by atoms with Gasteiger partial charge in [-0.25, -0.2) is 9.97 Å². The molecule has 0 aliphatic carbocycles. The third kappa shape index (κ3) is 1.72. The topological polar surface area (TPSA) is 46.0 Å². The van der Waals surface area contributed by atoms with E-state index in [1.807, 2.05) is 12.3 Å². The van der Waals surface area contributed by atoms with Gasteiger partial charge in [0.05, 0.1) is 6.61 Å². The third-order valence-electron chi connectivity index (χ3n) is 1.73. The zero-order valence-electron chi connectivity index (χ0n) is 7.32. The highest BCUT2D eigenvalue weighted by atomic mass is 35.5. The quantitative estimate of drug-likeness (QED) is 0.503. The maximum absolute atomic E-state index is 8.99. The molecule has 2 rings (SSSR count). The smallest absolute Gasteiger partial charge is 0.224 e. The summed E-state index contributed by atoms with van der Waals surface area (Å²) in [6, 6.07) is 1.90. The highest BCUT2D eigenvalue weighted by Gasteiger charge is 2.09. The third-order valence-corrected chi connectivity index (χ3v) is 3.61. The van der Waals surface area contributed by atoms with Gasteiger partial charge in [-0.05, 0) is 23.9 Å². The molecule has 74 valence electrons. The van der Waals surface area contributed by atoms with Crippen LogP contribution in [0.4, 0.5) is 0 Å². The van der Waals surface area contributed by atoms with Gasteiger partial charge in [0.15, 0.2) is 0 Å². The first-order valence-corrected chi connectivity index (χ1v) is 6.27. The normalized spacial score (nSPS) is 11.1. The molecule has 0 unspecified atom stereocenters. The Morgan fingerprint density at radius 3 is 3.00 bits per heavy atom. The van der Waals surface area contributed by atoms with E-state index in [4.69, 9.17) is 16.7 Å². The van der Waals surface area contributed by atoms with Crippen LogP contribution in [0.3, 0.4) is 0 Å². The van der Waals surface area contributed by atoms with Crippen LogP contribution in [-0.4, -0.2) is 21.3 Å². The van der Waals surface area contributed by atoms with Crippen molar-refractivity contribution in [1.82, 2.24) is 9.97 Å². The van der Waals surface area contributed by atoms with Crippen molar-refractivity contribution in [1.29, 1.82) is 0 Å². The lowest BCUT2D eigenvalue weighted by Gasteiger charge is -1.96. The molecule has 0 bridgehead atoms. The van der Waals surface area contributed by atoms with Gasteiger partial charge < -0.3 is 5.11 Å². The summed E-state index contributed by atoms with van der Waals surface area (Å²) in [4.78, 5) is 9.92. The van der Waals surface area contributed by atoms with Crippen LogP contribution >= 0.6 is 34.7 Å². The summed E-state index contributed by atoms with van der Waals surface area (Å²) >= 11 is 8.73. The minimum Gasteiger partial charge on any atom is -0.391 e. The molecule has 0 aliphatic rings. The van der Waals surface area contributed by atoms with Crippen molar-refractivity contribution >= 4 is 44.9 Å². The highest BCUT2D eigenvalue weighted by Crippen LogP contribution is 2.31. The molecule has 0 atom stereocenters. The van der Waals surface area contributed by atoms with Gasteiger partial charge in [0.25, 0.3) is 0 Å². The lowest BCUT2D eigenvalue weighted by Crippen LogP contribution is -1.84. The maximum Gasteiger partial charge on any atom is 0.224 e. The molecule has 2 aromatic heterocycles. The molecule has 0 saturated heterocycles. The number of aromatic nitrogens is 2. The monoisotopic (exact) mass is 246 g/mol. The van der Waals surface area contributed by atoms with Crippen LogP contribution in [0, 0.1) is 0 Å². The van der Waals surface area contributed by atoms with Gasteiger partial charge >= 0.3 is 0 Å². The number of aliphatic hydroxyl groups is 1. The Bertz CT molecular complexity index is 472. The van der Waals surface area contributed by atoms with Crippen molar-refractivity contribution in [3.05, 3.63) is 16.2 Å². The average Bonchev–Trinajstić information content (AvgIpc) is 2.59. The lowest BCUT2D eigenvalue weighted by molar-refractivity contribution is 0.285. The summed E-state index contributed by atoms with van der Waals surface area (Å²) in [5.74, 6) is 0. The van der Waals surface area contributed by atoms with Crippen molar-refractivity contribution in [2.75, 3.05) is 6.26 Å². The van der Waals surface area contributed by atoms with Crippen LogP contribution in [0.2, 0.25) is 5.28 Å². The molecule has 1 N–H and O–H groups in total. The van der Waals surface area contributed by atoms with Crippen molar-refractivity contribution < 1.29 is 5.11 Å². The fourth-order valence-corrected chi connectivity index (χ4v) is 2.93. The largest absolute Gasteiger partial charge is 0.391 e. The summed E-state index contributed by atoms with van der Waals surface area (Å²) in [5.41, 5.74) is 0. The van der Waals surface area contributed by atoms with E-state index in [-0.39, 0.29) is 11.9 Å². The summed E-state index contributed by atoms with van der Waals surface area (Å²) in [6.45, 7) is 0.0342. The van der Waals surface area contributed by atoms with Crippen LogP contribution in [0.5, 0.6) is 0 Å². The molecule has 0 fully saturated rings. The Hall–Kier alpha value is -0.360. The minimum absolute atomic E-state index is 0.0342. The molecule has 0 aromatic carbocycles. The first-order valence-electron chi connectivity index (χ1n) is 3.85. The fourth-order valence-electron chi connectivity index (χ4n) is 1.15. The molecular formula is C8H7ClN2OS2. The number of hydrogen-bond donors (Lipinski definition) is 1. The van der Waals surface area contributed by atoms with Crippen LogP contribution in [0.15, 0.2) is 11.1 Å². The van der Waals surface area contributed by atoms with E-state index in [1.54, 1.807) is 0 Å². The molecule has 14 heavy (non-hydrogen) atoms. The van der Waals surface area contributed by atoms with Gasteiger partial charge in [0, 0.05) is 10.3 Å². The first-order chi connectivity index (χ1) is 6.74.